The molecule has 0 amide bonds. The molecule has 1 aromatic carbocycles. The largest absolute Gasteiger partial charge is 0.459 e. The summed E-state index contributed by atoms with van der Waals surface area (Å²) >= 11 is 0. The predicted molar refractivity (Wildman–Crippen MR) is 144 cm³/mol. The van der Waals surface area contributed by atoms with Gasteiger partial charge < -0.3 is 9.47 Å². The van der Waals surface area contributed by atoms with E-state index in [1.807, 2.05) is 6.07 Å². The highest BCUT2D eigenvalue weighted by molar-refractivity contribution is 5.90. The van der Waals surface area contributed by atoms with Gasteiger partial charge in [0, 0.05) is 0 Å². The zero-order valence-electron chi connectivity index (χ0n) is 23.0. The molecule has 6 nitrogen and oxygen atoms in total. The van der Waals surface area contributed by atoms with E-state index in [2.05, 4.69) is 13.0 Å². The minimum atomic E-state index is -1.20. The molecule has 0 radical (unpaired) electrons. The lowest BCUT2D eigenvalue weighted by molar-refractivity contribution is -0.141. The van der Waals surface area contributed by atoms with Crippen molar-refractivity contribution in [1.82, 2.24) is 0 Å². The van der Waals surface area contributed by atoms with Crippen LogP contribution in [0.25, 0.3) is 0 Å². The first-order valence-electron chi connectivity index (χ1n) is 14.2. The van der Waals surface area contributed by atoms with Crippen molar-refractivity contribution in [2.24, 2.45) is 10.8 Å². The van der Waals surface area contributed by atoms with E-state index < -0.39 is 17.4 Å². The summed E-state index contributed by atoms with van der Waals surface area (Å²) in [4.78, 5) is 24.9. The van der Waals surface area contributed by atoms with Crippen LogP contribution in [0.15, 0.2) is 24.3 Å². The van der Waals surface area contributed by atoms with Crippen LogP contribution in [0.4, 0.5) is 0 Å². The van der Waals surface area contributed by atoms with E-state index >= 15 is 0 Å². The maximum absolute atomic E-state index is 12.6. The molecule has 0 heterocycles. The van der Waals surface area contributed by atoms with Crippen molar-refractivity contribution < 1.29 is 19.1 Å². The predicted octanol–water partition coefficient (Wildman–Crippen LogP) is 8.06. The van der Waals surface area contributed by atoms with Gasteiger partial charge in [-0.25, -0.2) is 9.59 Å². The summed E-state index contributed by atoms with van der Waals surface area (Å²) in [5.41, 5.74) is -1.11. The lowest BCUT2D eigenvalue weighted by Crippen LogP contribution is -2.31. The standard InChI is InChI=1S/C31H44N2O4/c1-4-6-7-8-9-10-11-12-13-20-31(24-33)21-18-27(19-22-31)36-28(34)25-14-16-26(17-15-25)37-29(35)30(3,5-2)23-32/h14-17,27H,4-13,18-22H2,1-3H3. The molecule has 0 aromatic heterocycles. The Morgan fingerprint density at radius 3 is 2.03 bits per heavy atom. The second-order valence-corrected chi connectivity index (χ2v) is 10.8. The normalized spacial score (nSPS) is 20.7. The van der Waals surface area contributed by atoms with Crippen molar-refractivity contribution >= 4 is 11.9 Å². The minimum absolute atomic E-state index is 0.185. The van der Waals surface area contributed by atoms with Crippen molar-refractivity contribution in [3.05, 3.63) is 29.8 Å². The van der Waals surface area contributed by atoms with Crippen LogP contribution in [0, 0.1) is 33.5 Å². The molecule has 0 saturated heterocycles. The molecule has 0 N–H and O–H groups in total. The van der Waals surface area contributed by atoms with Gasteiger partial charge in [0.05, 0.1) is 23.1 Å². The quantitative estimate of drug-likeness (QED) is 0.135. The number of esters is 2. The van der Waals surface area contributed by atoms with E-state index in [0.29, 0.717) is 24.8 Å². The SMILES string of the molecule is CCCCCCCCCCCC1(C#N)CCC(OC(=O)c2ccc(OC(=O)C(C)(C#N)CC)cc2)CC1. The number of hydrogen-bond donors (Lipinski definition) is 0. The van der Waals surface area contributed by atoms with Crippen LogP contribution in [0.3, 0.4) is 0 Å². The number of benzene rings is 1. The fraction of sp³-hybridized carbons (Fsp3) is 0.677. The molecule has 0 spiro atoms. The Bertz CT molecular complexity index is 935. The van der Waals surface area contributed by atoms with Crippen molar-refractivity contribution in [2.45, 2.75) is 123 Å². The van der Waals surface area contributed by atoms with Gasteiger partial charge in [0.25, 0.3) is 0 Å². The second kappa shape index (κ2) is 15.4. The zero-order valence-corrected chi connectivity index (χ0v) is 23.0. The van der Waals surface area contributed by atoms with Crippen LogP contribution in [0.5, 0.6) is 5.75 Å². The first-order chi connectivity index (χ1) is 17.8. The summed E-state index contributed by atoms with van der Waals surface area (Å²) in [7, 11) is 0. The molecule has 1 aliphatic carbocycles. The summed E-state index contributed by atoms with van der Waals surface area (Å²) in [6.45, 7) is 5.54. The number of nitrogens with zero attached hydrogens (tertiary/aromatic N) is 2. The highest BCUT2D eigenvalue weighted by atomic mass is 16.5. The maximum Gasteiger partial charge on any atom is 0.338 e. The first kappa shape index (κ1) is 30.4. The van der Waals surface area contributed by atoms with Gasteiger partial charge in [-0.15, -0.1) is 0 Å². The lowest BCUT2D eigenvalue weighted by Gasteiger charge is -2.34. The molecule has 1 unspecified atom stereocenters. The number of carbonyl (C=O) groups is 2. The van der Waals surface area contributed by atoms with Crippen LogP contribution in [-0.4, -0.2) is 18.0 Å². The Kier molecular flexibility index (Phi) is 12.6. The van der Waals surface area contributed by atoms with E-state index in [0.717, 1.165) is 25.7 Å². The van der Waals surface area contributed by atoms with E-state index in [9.17, 15) is 20.1 Å². The first-order valence-corrected chi connectivity index (χ1v) is 14.2. The zero-order chi connectivity index (χ0) is 27.2. The Morgan fingerprint density at radius 2 is 1.51 bits per heavy atom. The second-order valence-electron chi connectivity index (χ2n) is 10.8. The van der Waals surface area contributed by atoms with Crippen molar-refractivity contribution in [2.75, 3.05) is 0 Å². The smallest absolute Gasteiger partial charge is 0.338 e. The molecule has 1 aliphatic rings. The average molecular weight is 509 g/mol. The molecule has 37 heavy (non-hydrogen) atoms. The summed E-state index contributed by atoms with van der Waals surface area (Å²) < 4.78 is 11.0. The molecule has 2 rings (SSSR count). The maximum atomic E-state index is 12.6. The van der Waals surface area contributed by atoms with Crippen molar-refractivity contribution in [3.8, 4) is 17.9 Å². The molecule has 1 saturated carbocycles. The summed E-state index contributed by atoms with van der Waals surface area (Å²) in [6, 6.07) is 10.8. The van der Waals surface area contributed by atoms with Crippen LogP contribution < -0.4 is 4.74 Å². The molecule has 202 valence electrons. The number of nitriles is 2. The lowest BCUT2D eigenvalue weighted by atomic mass is 9.71. The third kappa shape index (κ3) is 9.51. The van der Waals surface area contributed by atoms with Gasteiger partial charge >= 0.3 is 11.9 Å². The summed E-state index contributed by atoms with van der Waals surface area (Å²) in [5, 5.41) is 19.1. The van der Waals surface area contributed by atoms with Gasteiger partial charge in [-0.1, -0.05) is 71.6 Å². The van der Waals surface area contributed by atoms with Crippen molar-refractivity contribution in [1.29, 1.82) is 10.5 Å². The van der Waals surface area contributed by atoms with E-state index in [4.69, 9.17) is 9.47 Å². The van der Waals surface area contributed by atoms with E-state index in [1.54, 1.807) is 26.0 Å². The minimum Gasteiger partial charge on any atom is -0.459 e. The van der Waals surface area contributed by atoms with Crippen LogP contribution in [0.2, 0.25) is 0 Å². The molecule has 1 fully saturated rings. The van der Waals surface area contributed by atoms with Gasteiger partial charge in [0.2, 0.25) is 0 Å². The highest BCUT2D eigenvalue weighted by Gasteiger charge is 2.36. The third-order valence-corrected chi connectivity index (χ3v) is 7.86. The Morgan fingerprint density at radius 1 is 0.946 bits per heavy atom. The molecular weight excluding hydrogens is 464 g/mol. The van der Waals surface area contributed by atoms with Crippen molar-refractivity contribution in [3.63, 3.8) is 0 Å². The van der Waals surface area contributed by atoms with Gasteiger partial charge in [0.1, 0.15) is 11.9 Å². The number of hydrogen-bond acceptors (Lipinski definition) is 6. The number of carbonyl (C=O) groups excluding carboxylic acids is 2. The average Bonchev–Trinajstić information content (AvgIpc) is 2.93. The Balaban J connectivity index is 1.73. The van der Waals surface area contributed by atoms with Crippen LogP contribution >= 0.6 is 0 Å². The van der Waals surface area contributed by atoms with Gasteiger partial charge in [-0.2, -0.15) is 10.5 Å². The van der Waals surface area contributed by atoms with Crippen LogP contribution in [0.1, 0.15) is 127 Å². The summed E-state index contributed by atoms with van der Waals surface area (Å²) in [5.74, 6) is -0.746. The fourth-order valence-corrected chi connectivity index (χ4v) is 4.82. The molecule has 6 heteroatoms. The number of unbranched alkanes of at least 4 members (excludes halogenated alkanes) is 8. The van der Waals surface area contributed by atoms with Gasteiger partial charge in [-0.3, -0.25) is 0 Å². The number of rotatable bonds is 15. The molecule has 0 aliphatic heterocycles. The van der Waals surface area contributed by atoms with Crippen LogP contribution in [-0.2, 0) is 9.53 Å². The molecule has 1 aromatic rings. The van der Waals surface area contributed by atoms with E-state index in [-0.39, 0.29) is 17.3 Å². The van der Waals surface area contributed by atoms with Gasteiger partial charge in [-0.05, 0) is 69.7 Å². The molecular formula is C31H44N2O4. The summed E-state index contributed by atoms with van der Waals surface area (Å²) in [6.07, 6.45) is 15.5. The monoisotopic (exact) mass is 508 g/mol. The Hall–Kier alpha value is -2.86. The van der Waals surface area contributed by atoms with Gasteiger partial charge in [0.15, 0.2) is 5.41 Å². The molecule has 1 atom stereocenters. The highest BCUT2D eigenvalue weighted by Crippen LogP contribution is 2.41. The third-order valence-electron chi connectivity index (χ3n) is 7.86. The topological polar surface area (TPSA) is 100 Å². The Labute approximate surface area is 223 Å². The van der Waals surface area contributed by atoms with E-state index in [1.165, 1.54) is 63.5 Å². The molecule has 0 bridgehead atoms. The number of ether oxygens (including phenoxy) is 2. The fourth-order valence-electron chi connectivity index (χ4n) is 4.82.